The minimum Gasteiger partial charge on any atom is -0.293 e. The first-order valence-corrected chi connectivity index (χ1v) is 12.7. The van der Waals surface area contributed by atoms with Crippen LogP contribution in [-0.4, -0.2) is 11.6 Å². The molecule has 1 aliphatic carbocycles. The summed E-state index contributed by atoms with van der Waals surface area (Å²) in [5.74, 6) is -1.09. The van der Waals surface area contributed by atoms with Crippen LogP contribution in [0.15, 0.2) is 106 Å². The third-order valence-corrected chi connectivity index (χ3v) is 7.85. The van der Waals surface area contributed by atoms with Gasteiger partial charge < -0.3 is 0 Å². The highest BCUT2D eigenvalue weighted by molar-refractivity contribution is 9.10. The van der Waals surface area contributed by atoms with Gasteiger partial charge in [-0.3, -0.25) is 9.59 Å². The van der Waals surface area contributed by atoms with Crippen LogP contribution in [0, 0.1) is 0 Å². The second kappa shape index (κ2) is 8.30. The van der Waals surface area contributed by atoms with Gasteiger partial charge in [0, 0.05) is 20.1 Å². The maximum Gasteiger partial charge on any atom is 0.171 e. The summed E-state index contributed by atoms with van der Waals surface area (Å²) >= 11 is 6.90. The lowest BCUT2D eigenvalue weighted by molar-refractivity contribution is 0.0846. The van der Waals surface area contributed by atoms with Crippen molar-refractivity contribution < 1.29 is 9.59 Å². The highest BCUT2D eigenvalue weighted by Crippen LogP contribution is 2.56. The third-order valence-electron chi connectivity index (χ3n) is 6.79. The maximum atomic E-state index is 13.9. The molecule has 0 amide bonds. The normalized spacial score (nSPS) is 16.8. The van der Waals surface area contributed by atoms with Gasteiger partial charge in [-0.15, -0.1) is 0 Å². The van der Waals surface area contributed by atoms with Gasteiger partial charge in [0.2, 0.25) is 0 Å². The van der Waals surface area contributed by atoms with E-state index in [1.807, 2.05) is 72.8 Å². The summed E-state index contributed by atoms with van der Waals surface area (Å²) < 4.78 is 1.83. The summed E-state index contributed by atoms with van der Waals surface area (Å²) in [4.78, 5) is 27.8. The number of carbonyl (C=O) groups is 2. The van der Waals surface area contributed by atoms with E-state index in [0.29, 0.717) is 11.1 Å². The summed E-state index contributed by atoms with van der Waals surface area (Å²) in [6.07, 6.45) is 0. The van der Waals surface area contributed by atoms with Crippen molar-refractivity contribution in [2.75, 3.05) is 0 Å². The van der Waals surface area contributed by atoms with E-state index in [2.05, 4.69) is 56.1 Å². The third kappa shape index (κ3) is 3.28. The lowest BCUT2D eigenvalue weighted by Gasteiger charge is -2.40. The molecule has 0 saturated heterocycles. The van der Waals surface area contributed by atoms with E-state index in [-0.39, 0.29) is 11.6 Å². The van der Waals surface area contributed by atoms with E-state index in [1.165, 1.54) is 0 Å². The molecule has 0 N–H and O–H groups in total. The number of hydrogen-bond acceptors (Lipinski definition) is 2. The van der Waals surface area contributed by atoms with Gasteiger partial charge in [-0.2, -0.15) is 0 Å². The summed E-state index contributed by atoms with van der Waals surface area (Å²) in [5, 5.41) is 4.32. The number of carbonyl (C=O) groups excluding carboxylic acids is 2. The molecule has 5 aromatic rings. The Morgan fingerprint density at radius 3 is 1.15 bits per heavy atom. The second-order valence-corrected chi connectivity index (χ2v) is 10.4. The van der Waals surface area contributed by atoms with Gasteiger partial charge in [0.15, 0.2) is 11.6 Å². The average molecular weight is 570 g/mol. The Morgan fingerprint density at radius 2 is 0.794 bits per heavy atom. The number of benzene rings is 5. The smallest absolute Gasteiger partial charge is 0.171 e. The van der Waals surface area contributed by atoms with Crippen LogP contribution in [0.1, 0.15) is 43.7 Å². The lowest BCUT2D eigenvalue weighted by atomic mass is 9.60. The van der Waals surface area contributed by atoms with Crippen molar-refractivity contribution in [3.63, 3.8) is 0 Å². The molecule has 0 fully saturated rings. The monoisotopic (exact) mass is 568 g/mol. The highest BCUT2D eigenvalue weighted by Gasteiger charge is 2.49. The lowest BCUT2D eigenvalue weighted by Crippen LogP contribution is -2.36. The fourth-order valence-corrected chi connectivity index (χ4v) is 5.78. The molecule has 4 heteroatoms. The Labute approximate surface area is 213 Å². The first-order chi connectivity index (χ1) is 16.5. The first kappa shape index (κ1) is 21.5. The number of rotatable bonds is 4. The molecule has 2 nitrogen and oxygen atoms in total. The van der Waals surface area contributed by atoms with Gasteiger partial charge in [0.05, 0.1) is 11.8 Å². The Bertz CT molecular complexity index is 1480. The molecule has 6 rings (SSSR count). The van der Waals surface area contributed by atoms with E-state index in [0.717, 1.165) is 41.6 Å². The number of hydrogen-bond donors (Lipinski definition) is 0. The fraction of sp³-hybridized carbons (Fsp3) is 0.0667. The van der Waals surface area contributed by atoms with Gasteiger partial charge in [-0.05, 0) is 56.9 Å². The molecule has 0 aromatic heterocycles. The van der Waals surface area contributed by atoms with E-state index in [4.69, 9.17) is 0 Å². The van der Waals surface area contributed by atoms with E-state index in [9.17, 15) is 9.59 Å². The van der Waals surface area contributed by atoms with Gasteiger partial charge in [0.25, 0.3) is 0 Å². The van der Waals surface area contributed by atoms with Crippen LogP contribution in [0.5, 0.6) is 0 Å². The predicted octanol–water partition coefficient (Wildman–Crippen LogP) is 8.46. The molecule has 0 bridgehead atoms. The van der Waals surface area contributed by atoms with Crippen molar-refractivity contribution >= 4 is 65.0 Å². The summed E-state index contributed by atoms with van der Waals surface area (Å²) in [7, 11) is 0. The Hall–Kier alpha value is -3.08. The van der Waals surface area contributed by atoms with Crippen LogP contribution in [-0.2, 0) is 0 Å². The van der Waals surface area contributed by atoms with Crippen molar-refractivity contribution in [3.8, 4) is 0 Å². The molecule has 0 aliphatic heterocycles. The van der Waals surface area contributed by atoms with Gasteiger partial charge in [0.1, 0.15) is 0 Å². The Balaban J connectivity index is 1.62. The zero-order valence-electron chi connectivity index (χ0n) is 18.0. The molecule has 0 spiro atoms. The summed E-state index contributed by atoms with van der Waals surface area (Å²) in [6.45, 7) is 0. The Morgan fingerprint density at radius 1 is 0.471 bits per heavy atom. The quantitative estimate of drug-likeness (QED) is 0.161. The highest BCUT2D eigenvalue weighted by atomic mass is 79.9. The first-order valence-electron chi connectivity index (χ1n) is 11.1. The van der Waals surface area contributed by atoms with Crippen LogP contribution < -0.4 is 0 Å². The molecule has 0 heterocycles. The maximum absolute atomic E-state index is 13.9. The van der Waals surface area contributed by atoms with E-state index in [1.54, 1.807) is 0 Å². The minimum atomic E-state index is -0.526. The van der Waals surface area contributed by atoms with Gasteiger partial charge in [-0.25, -0.2) is 0 Å². The molecule has 5 aromatic carbocycles. The topological polar surface area (TPSA) is 34.1 Å². The van der Waals surface area contributed by atoms with Crippen molar-refractivity contribution in [1.29, 1.82) is 0 Å². The molecular formula is C30H18Br2O2. The van der Waals surface area contributed by atoms with Gasteiger partial charge >= 0.3 is 0 Å². The molecule has 2 atom stereocenters. The summed E-state index contributed by atoms with van der Waals surface area (Å²) in [5.41, 5.74) is 3.20. The second-order valence-electron chi connectivity index (χ2n) is 8.62. The van der Waals surface area contributed by atoms with Crippen LogP contribution in [0.3, 0.4) is 0 Å². The van der Waals surface area contributed by atoms with E-state index >= 15 is 0 Å². The molecule has 0 unspecified atom stereocenters. The minimum absolute atomic E-state index is 0.0177. The molecule has 34 heavy (non-hydrogen) atoms. The van der Waals surface area contributed by atoms with Gasteiger partial charge in [-0.1, -0.05) is 105 Å². The molecule has 164 valence electrons. The van der Waals surface area contributed by atoms with E-state index < -0.39 is 11.8 Å². The largest absolute Gasteiger partial charge is 0.293 e. The van der Waals surface area contributed by atoms with Crippen molar-refractivity contribution in [1.82, 2.24) is 0 Å². The number of ketones is 2. The molecule has 0 saturated carbocycles. The zero-order valence-corrected chi connectivity index (χ0v) is 21.1. The van der Waals surface area contributed by atoms with Crippen LogP contribution in [0.25, 0.3) is 21.5 Å². The number of halogens is 2. The SMILES string of the molecule is O=C(c1ccc(Br)cc1)[C@H]1c2c(c3ccccc3c3ccccc23)[C@@H]1C(=O)c1ccc(Br)cc1. The summed E-state index contributed by atoms with van der Waals surface area (Å²) in [6, 6.07) is 31.2. The molecule has 1 aliphatic rings. The van der Waals surface area contributed by atoms with Crippen LogP contribution in [0.2, 0.25) is 0 Å². The molecular weight excluding hydrogens is 552 g/mol. The number of Topliss-reactive ketones (excluding diaryl/α,β-unsaturated/α-hetero) is 2. The average Bonchev–Trinajstić information content (AvgIpc) is 2.85. The van der Waals surface area contributed by atoms with Crippen LogP contribution in [0.4, 0.5) is 0 Å². The standard InChI is InChI=1S/C30H18Br2O2/c31-19-13-9-17(10-14-19)29(33)27-25-23-7-3-1-5-21(23)22-6-2-4-8-24(22)26(25)28(27)30(34)18-11-15-20(32)16-12-18/h1-16,27-28H/t27-,28-/m0/s1. The molecule has 0 radical (unpaired) electrons. The Kier molecular flexibility index (Phi) is 5.23. The predicted molar refractivity (Wildman–Crippen MR) is 144 cm³/mol. The number of fused-ring (bicyclic) bond motifs is 6. The van der Waals surface area contributed by atoms with Crippen molar-refractivity contribution in [2.24, 2.45) is 0 Å². The zero-order chi connectivity index (χ0) is 23.4. The van der Waals surface area contributed by atoms with Crippen molar-refractivity contribution in [2.45, 2.75) is 11.8 Å². The van der Waals surface area contributed by atoms with Crippen LogP contribution >= 0.6 is 31.9 Å². The fourth-order valence-electron chi connectivity index (χ4n) is 5.26. The van der Waals surface area contributed by atoms with Crippen molar-refractivity contribution in [3.05, 3.63) is 128 Å².